The van der Waals surface area contributed by atoms with E-state index in [4.69, 9.17) is 0 Å². The number of halogens is 4. The van der Waals surface area contributed by atoms with E-state index in [9.17, 15) is 17.6 Å². The fourth-order valence-corrected chi connectivity index (χ4v) is 13.7. The van der Waals surface area contributed by atoms with Crippen molar-refractivity contribution in [1.29, 1.82) is 0 Å². The van der Waals surface area contributed by atoms with Gasteiger partial charge in [-0.2, -0.15) is 0 Å². The van der Waals surface area contributed by atoms with Crippen molar-refractivity contribution in [2.24, 2.45) is 0 Å². The lowest BCUT2D eigenvalue weighted by Crippen LogP contribution is -2.16. The Morgan fingerprint density at radius 1 is 0.278 bits per heavy atom. The van der Waals surface area contributed by atoms with Gasteiger partial charge in [-0.3, -0.25) is 0 Å². The molecule has 0 N–H and O–H groups in total. The first kappa shape index (κ1) is 45.6. The Morgan fingerprint density at radius 3 is 0.667 bits per heavy atom. The molecule has 4 nitrogen and oxygen atoms in total. The summed E-state index contributed by atoms with van der Waals surface area (Å²) < 4.78 is 59.7. The second kappa shape index (κ2) is 18.3. The minimum atomic E-state index is -0.341. The van der Waals surface area contributed by atoms with E-state index < -0.39 is 0 Å². The molecule has 0 amide bonds. The molecule has 12 heteroatoms. The molecule has 8 aromatic carbocycles. The van der Waals surface area contributed by atoms with Crippen LogP contribution in [0.2, 0.25) is 0 Å². The first-order valence-corrected chi connectivity index (χ1v) is 26.7. The van der Waals surface area contributed by atoms with Crippen LogP contribution in [0.4, 0.5) is 83.1 Å². The van der Waals surface area contributed by atoms with Gasteiger partial charge in [0.2, 0.25) is 0 Å². The fraction of sp³-hybridized carbons (Fsp3) is 0.0667. The molecule has 12 rings (SSSR count). The van der Waals surface area contributed by atoms with E-state index in [1.807, 2.05) is 48.5 Å². The van der Waals surface area contributed by atoms with Crippen molar-refractivity contribution in [2.45, 2.75) is 27.7 Å². The van der Waals surface area contributed by atoms with E-state index in [2.05, 4.69) is 129 Å². The molecule has 0 aliphatic rings. The van der Waals surface area contributed by atoms with Crippen LogP contribution in [0.5, 0.6) is 0 Å². The minimum Gasteiger partial charge on any atom is -0.301 e. The standard InChI is InChI=1S/C60H42F4N4S4/c1-35-25-29-69-57(35)65(43-13-5-39(61)6-14-43)51-33-52(66(58-36(2)26-30-70-58)44-15-7-40(62)8-16-44)48-23-24-50-54(68(60-38(4)28-32-72-60)46-19-11-42(64)12-20-46)34-53(49-22-21-47(51)55(48)56(49)50)67(59-37(3)27-31-71-59)45-17-9-41(63)10-18-45/h5-34H,1-4H3. The van der Waals surface area contributed by atoms with Crippen LogP contribution in [0.25, 0.3) is 32.3 Å². The summed E-state index contributed by atoms with van der Waals surface area (Å²) in [6.45, 7) is 8.35. The highest BCUT2D eigenvalue weighted by atomic mass is 32.1. The molecular weight excluding hydrogens is 981 g/mol. The molecule has 0 atom stereocenters. The van der Waals surface area contributed by atoms with Gasteiger partial charge in [-0.15, -0.1) is 45.3 Å². The van der Waals surface area contributed by atoms with Gasteiger partial charge in [0.05, 0.1) is 22.7 Å². The highest BCUT2D eigenvalue weighted by Gasteiger charge is 2.31. The normalized spacial score (nSPS) is 11.6. The molecule has 0 fully saturated rings. The number of rotatable bonds is 12. The van der Waals surface area contributed by atoms with E-state index in [1.54, 1.807) is 45.3 Å². The average molecular weight is 1020 g/mol. The topological polar surface area (TPSA) is 13.0 Å². The van der Waals surface area contributed by atoms with Crippen LogP contribution in [0.15, 0.2) is 179 Å². The number of thiophene rings is 4. The third-order valence-corrected chi connectivity index (χ3v) is 17.3. The molecule has 12 aromatic rings. The van der Waals surface area contributed by atoms with Gasteiger partial charge in [0.15, 0.2) is 0 Å². The van der Waals surface area contributed by atoms with Crippen LogP contribution in [-0.4, -0.2) is 0 Å². The molecule has 0 unspecified atom stereocenters. The number of hydrogen-bond acceptors (Lipinski definition) is 8. The van der Waals surface area contributed by atoms with E-state index in [-0.39, 0.29) is 23.3 Å². The van der Waals surface area contributed by atoms with Gasteiger partial charge in [-0.05, 0) is 205 Å². The van der Waals surface area contributed by atoms with Gasteiger partial charge in [0.1, 0.15) is 43.3 Å². The van der Waals surface area contributed by atoms with Crippen LogP contribution < -0.4 is 19.6 Å². The van der Waals surface area contributed by atoms with Gasteiger partial charge in [-0.1, -0.05) is 24.3 Å². The molecule has 0 radical (unpaired) electrons. The summed E-state index contributed by atoms with van der Waals surface area (Å²) in [6.07, 6.45) is 0. The second-order valence-corrected chi connectivity index (χ2v) is 21.4. The van der Waals surface area contributed by atoms with Gasteiger partial charge in [0.25, 0.3) is 0 Å². The lowest BCUT2D eigenvalue weighted by molar-refractivity contribution is 0.627. The first-order chi connectivity index (χ1) is 35.0. The van der Waals surface area contributed by atoms with Crippen LogP contribution in [0.3, 0.4) is 0 Å². The molecule has 4 aromatic heterocycles. The predicted octanol–water partition coefficient (Wildman–Crippen LogP) is 20.5. The summed E-state index contributed by atoms with van der Waals surface area (Å²) in [5.74, 6) is -1.36. The fourth-order valence-electron chi connectivity index (χ4n) is 9.86. The zero-order valence-electron chi connectivity index (χ0n) is 39.3. The van der Waals surface area contributed by atoms with Gasteiger partial charge < -0.3 is 19.6 Å². The Balaban J connectivity index is 1.29. The monoisotopic (exact) mass is 1020 g/mol. The molecule has 0 saturated carbocycles. The smallest absolute Gasteiger partial charge is 0.123 e. The number of benzene rings is 8. The SMILES string of the molecule is Cc1ccsc1N(c1ccc(F)cc1)c1cc(N(c2ccc(F)cc2)c2sccc2C)c2ccc3c(N(c4ccc(F)cc4)c4sccc4C)cc(N(c4ccc(F)cc4)c4sccc4C)c4ccc1c2c43. The van der Waals surface area contributed by atoms with Gasteiger partial charge in [0, 0.05) is 55.1 Å². The summed E-state index contributed by atoms with van der Waals surface area (Å²) in [5, 5.41) is 17.9. The number of anilines is 12. The Hall–Kier alpha value is -7.48. The summed E-state index contributed by atoms with van der Waals surface area (Å²) in [6, 6.07) is 48.1. The largest absolute Gasteiger partial charge is 0.301 e. The maximum atomic E-state index is 14.9. The highest BCUT2D eigenvalue weighted by Crippen LogP contribution is 2.57. The quantitative estimate of drug-likeness (QED) is 0.0893. The third kappa shape index (κ3) is 7.77. The molecule has 0 aliphatic heterocycles. The van der Waals surface area contributed by atoms with Crippen LogP contribution >= 0.6 is 45.3 Å². The molecule has 0 aliphatic carbocycles. The lowest BCUT2D eigenvalue weighted by atomic mass is 9.89. The van der Waals surface area contributed by atoms with Crippen LogP contribution in [0.1, 0.15) is 22.3 Å². The van der Waals surface area contributed by atoms with Crippen molar-refractivity contribution in [3.63, 3.8) is 0 Å². The summed E-state index contributed by atoms with van der Waals surface area (Å²) in [7, 11) is 0. The lowest BCUT2D eigenvalue weighted by Gasteiger charge is -2.34. The van der Waals surface area contributed by atoms with Crippen molar-refractivity contribution in [3.05, 3.63) is 225 Å². The van der Waals surface area contributed by atoms with Gasteiger partial charge in [-0.25, -0.2) is 17.6 Å². The Morgan fingerprint density at radius 2 is 0.486 bits per heavy atom. The Bertz CT molecular complexity index is 3430. The molecular formula is C60H42F4N4S4. The van der Waals surface area contributed by atoms with E-state index in [0.717, 1.165) is 120 Å². The van der Waals surface area contributed by atoms with Crippen molar-refractivity contribution in [3.8, 4) is 0 Å². The van der Waals surface area contributed by atoms with E-state index in [0.29, 0.717) is 0 Å². The number of aryl methyl sites for hydroxylation is 4. The zero-order valence-corrected chi connectivity index (χ0v) is 42.5. The Labute approximate surface area is 430 Å². The summed E-state index contributed by atoms with van der Waals surface area (Å²) in [5.41, 5.74) is 10.7. The van der Waals surface area contributed by atoms with Crippen molar-refractivity contribution < 1.29 is 17.6 Å². The summed E-state index contributed by atoms with van der Waals surface area (Å²) in [4.78, 5) is 8.89. The molecule has 4 heterocycles. The van der Waals surface area contributed by atoms with Crippen molar-refractivity contribution in [1.82, 2.24) is 0 Å². The maximum absolute atomic E-state index is 14.9. The minimum absolute atomic E-state index is 0.341. The highest BCUT2D eigenvalue weighted by molar-refractivity contribution is 7.15. The molecule has 354 valence electrons. The molecule has 72 heavy (non-hydrogen) atoms. The van der Waals surface area contributed by atoms with Gasteiger partial charge >= 0.3 is 0 Å². The average Bonchev–Trinajstić information content (AvgIpc) is 4.22. The predicted molar refractivity (Wildman–Crippen MR) is 299 cm³/mol. The number of hydrogen-bond donors (Lipinski definition) is 0. The number of nitrogens with zero attached hydrogens (tertiary/aromatic N) is 4. The first-order valence-electron chi connectivity index (χ1n) is 23.2. The third-order valence-electron chi connectivity index (χ3n) is 13.3. The van der Waals surface area contributed by atoms with Crippen molar-refractivity contribution in [2.75, 3.05) is 19.6 Å². The molecule has 0 saturated heterocycles. The van der Waals surface area contributed by atoms with Crippen LogP contribution in [0, 0.1) is 51.0 Å². The van der Waals surface area contributed by atoms with Crippen LogP contribution in [-0.2, 0) is 0 Å². The Kier molecular flexibility index (Phi) is 11.6. The molecule has 0 bridgehead atoms. The second-order valence-electron chi connectivity index (χ2n) is 17.8. The van der Waals surface area contributed by atoms with Crippen molar-refractivity contribution >= 4 is 143 Å². The van der Waals surface area contributed by atoms with E-state index in [1.165, 1.54) is 48.5 Å². The summed E-state index contributed by atoms with van der Waals surface area (Å²) >= 11 is 6.43. The zero-order chi connectivity index (χ0) is 49.4. The maximum Gasteiger partial charge on any atom is 0.123 e. The van der Waals surface area contributed by atoms with E-state index >= 15 is 0 Å². The molecule has 0 spiro atoms.